The number of nitrogens with zero attached hydrogens (tertiary/aromatic N) is 2. The highest BCUT2D eigenvalue weighted by Gasteiger charge is 2.45. The maximum atomic E-state index is 12.3. The van der Waals surface area contributed by atoms with Crippen LogP contribution in [0.5, 0.6) is 0 Å². The molecule has 0 bridgehead atoms. The minimum absolute atomic E-state index is 0.0341. The van der Waals surface area contributed by atoms with Crippen molar-refractivity contribution in [3.8, 4) is 0 Å². The fourth-order valence-electron chi connectivity index (χ4n) is 3.38. The molecule has 3 aliphatic rings. The molecule has 2 heterocycles. The lowest BCUT2D eigenvalue weighted by molar-refractivity contribution is -0.192. The van der Waals surface area contributed by atoms with E-state index in [1.807, 2.05) is 7.05 Å². The lowest BCUT2D eigenvalue weighted by atomic mass is 10.1. The van der Waals surface area contributed by atoms with Gasteiger partial charge in [-0.3, -0.25) is 0 Å². The second-order valence-corrected chi connectivity index (χ2v) is 11.5. The fourth-order valence-corrected chi connectivity index (χ4v) is 7.39. The summed E-state index contributed by atoms with van der Waals surface area (Å²) in [6.07, 6.45) is -2.52. The van der Waals surface area contributed by atoms with Gasteiger partial charge >= 0.3 is 12.1 Å². The number of alkyl halides is 3. The van der Waals surface area contributed by atoms with Crippen LogP contribution in [-0.4, -0.2) is 92.3 Å². The van der Waals surface area contributed by atoms with Crippen LogP contribution in [0, 0.1) is 0 Å². The Labute approximate surface area is 156 Å². The van der Waals surface area contributed by atoms with Gasteiger partial charge in [-0.1, -0.05) is 0 Å². The van der Waals surface area contributed by atoms with E-state index in [0.717, 1.165) is 12.8 Å². The molecule has 13 heteroatoms. The van der Waals surface area contributed by atoms with Crippen LogP contribution in [0.25, 0.3) is 0 Å². The SMILES string of the molecule is CN1CCS(=O)(=O)[C@@H]2CCN(S(=O)(=O)C3CC3)CC[C@@H]21.O=C(O)C(F)(F)F. The third kappa shape index (κ3) is 5.33. The van der Waals surface area contributed by atoms with Gasteiger partial charge in [0.15, 0.2) is 9.84 Å². The summed E-state index contributed by atoms with van der Waals surface area (Å²) < 4.78 is 82.3. The number of carbonyl (C=O) groups is 1. The van der Waals surface area contributed by atoms with Crippen molar-refractivity contribution in [2.24, 2.45) is 0 Å². The zero-order chi connectivity index (χ0) is 20.6. The molecule has 2 saturated heterocycles. The van der Waals surface area contributed by atoms with Gasteiger partial charge in [-0.05, 0) is 32.7 Å². The molecule has 0 aromatic carbocycles. The normalized spacial score (nSPS) is 29.8. The molecule has 1 N–H and O–H groups in total. The lowest BCUT2D eigenvalue weighted by Gasteiger charge is -2.37. The largest absolute Gasteiger partial charge is 0.490 e. The first-order valence-electron chi connectivity index (χ1n) is 8.47. The van der Waals surface area contributed by atoms with E-state index in [4.69, 9.17) is 9.90 Å². The topological polar surface area (TPSA) is 112 Å². The predicted octanol–water partition coefficient (Wildman–Crippen LogP) is 0.305. The maximum Gasteiger partial charge on any atom is 0.490 e. The summed E-state index contributed by atoms with van der Waals surface area (Å²) in [7, 11) is -4.32. The van der Waals surface area contributed by atoms with E-state index in [9.17, 15) is 30.0 Å². The van der Waals surface area contributed by atoms with Crippen LogP contribution in [0.2, 0.25) is 0 Å². The van der Waals surface area contributed by atoms with Crippen molar-refractivity contribution >= 4 is 25.8 Å². The van der Waals surface area contributed by atoms with Crippen LogP contribution in [0.15, 0.2) is 0 Å². The Morgan fingerprint density at radius 2 is 1.59 bits per heavy atom. The van der Waals surface area contributed by atoms with Gasteiger partial charge in [0.25, 0.3) is 0 Å². The van der Waals surface area contributed by atoms with Crippen LogP contribution in [-0.2, 0) is 24.7 Å². The van der Waals surface area contributed by atoms with Crippen LogP contribution in [0.1, 0.15) is 25.7 Å². The summed E-state index contributed by atoms with van der Waals surface area (Å²) in [5, 5.41) is 6.51. The molecule has 158 valence electrons. The monoisotopic (exact) mass is 436 g/mol. The molecular formula is C14H23F3N2O6S2. The summed E-state index contributed by atoms with van der Waals surface area (Å²) in [4.78, 5) is 11.0. The molecule has 0 aromatic heterocycles. The van der Waals surface area contributed by atoms with Gasteiger partial charge in [-0.15, -0.1) is 0 Å². The number of sulfone groups is 1. The zero-order valence-electron chi connectivity index (χ0n) is 14.7. The first kappa shape index (κ1) is 22.4. The molecule has 2 atom stereocenters. The third-order valence-electron chi connectivity index (χ3n) is 5.07. The fraction of sp³-hybridized carbons (Fsp3) is 0.929. The molecule has 0 amide bonds. The number of fused-ring (bicyclic) bond motifs is 1. The molecule has 3 rings (SSSR count). The molecule has 0 spiro atoms. The number of rotatable bonds is 2. The van der Waals surface area contributed by atoms with Crippen molar-refractivity contribution in [2.75, 3.05) is 32.4 Å². The lowest BCUT2D eigenvalue weighted by Crippen LogP contribution is -2.52. The molecule has 3 fully saturated rings. The van der Waals surface area contributed by atoms with E-state index < -0.39 is 37.3 Å². The van der Waals surface area contributed by atoms with Crippen LogP contribution < -0.4 is 0 Å². The van der Waals surface area contributed by atoms with Gasteiger partial charge in [0.1, 0.15) is 0 Å². The van der Waals surface area contributed by atoms with Crippen molar-refractivity contribution in [1.29, 1.82) is 0 Å². The Morgan fingerprint density at radius 3 is 2.07 bits per heavy atom. The van der Waals surface area contributed by atoms with E-state index in [1.165, 1.54) is 4.31 Å². The molecule has 1 saturated carbocycles. The van der Waals surface area contributed by atoms with E-state index in [0.29, 0.717) is 32.5 Å². The maximum absolute atomic E-state index is 12.3. The average molecular weight is 436 g/mol. The van der Waals surface area contributed by atoms with E-state index >= 15 is 0 Å². The van der Waals surface area contributed by atoms with Crippen molar-refractivity contribution in [3.05, 3.63) is 0 Å². The van der Waals surface area contributed by atoms with Crippen LogP contribution >= 0.6 is 0 Å². The minimum Gasteiger partial charge on any atom is -0.475 e. The number of halogens is 3. The molecule has 0 radical (unpaired) electrons. The molecule has 27 heavy (non-hydrogen) atoms. The van der Waals surface area contributed by atoms with Gasteiger partial charge in [0, 0.05) is 25.7 Å². The van der Waals surface area contributed by atoms with Crippen molar-refractivity contribution in [3.63, 3.8) is 0 Å². The quantitative estimate of drug-likeness (QED) is 0.663. The molecule has 1 aliphatic carbocycles. The van der Waals surface area contributed by atoms with Gasteiger partial charge in [0.05, 0.1) is 16.3 Å². The minimum atomic E-state index is -5.08. The highest BCUT2D eigenvalue weighted by molar-refractivity contribution is 7.92. The Kier molecular flexibility index (Phi) is 6.49. The number of carboxylic acids is 1. The standard InChI is InChI=1S/C12H22N2O4S2.C2HF3O2/c1-13-8-9-19(15,16)12-5-7-14(6-4-11(12)13)20(17,18)10-2-3-10;3-2(4,5)1(6)7/h10-12H,2-9H2,1H3;(H,6,7)/t11-,12+;/m0./s1. The van der Waals surface area contributed by atoms with E-state index in [1.54, 1.807) is 0 Å². The van der Waals surface area contributed by atoms with Crippen molar-refractivity contribution < 1.29 is 39.9 Å². The highest BCUT2D eigenvalue weighted by Crippen LogP contribution is 2.34. The van der Waals surface area contributed by atoms with Gasteiger partial charge in [0.2, 0.25) is 10.0 Å². The third-order valence-corrected chi connectivity index (χ3v) is 9.69. The summed E-state index contributed by atoms with van der Waals surface area (Å²) in [5.74, 6) is -2.56. The molecule has 2 aliphatic heterocycles. The first-order chi connectivity index (χ1) is 12.3. The number of hydrogen-bond acceptors (Lipinski definition) is 6. The smallest absolute Gasteiger partial charge is 0.475 e. The molecule has 0 unspecified atom stereocenters. The van der Waals surface area contributed by atoms with Gasteiger partial charge in [-0.25, -0.2) is 25.9 Å². The molecule has 0 aromatic rings. The number of sulfonamides is 1. The Bertz CT molecular complexity index is 764. The van der Waals surface area contributed by atoms with Crippen molar-refractivity contribution in [1.82, 2.24) is 9.21 Å². The number of hydrogen-bond donors (Lipinski definition) is 1. The second kappa shape index (κ2) is 7.84. The first-order valence-corrected chi connectivity index (χ1v) is 11.7. The summed E-state index contributed by atoms with van der Waals surface area (Å²) >= 11 is 0. The second-order valence-electron chi connectivity index (χ2n) is 6.98. The van der Waals surface area contributed by atoms with Gasteiger partial charge in [-0.2, -0.15) is 13.2 Å². The summed E-state index contributed by atoms with van der Waals surface area (Å²) in [6, 6.07) is -0.0341. The average Bonchev–Trinajstić information content (AvgIpc) is 3.36. The Balaban J connectivity index is 0.000000321. The van der Waals surface area contributed by atoms with E-state index in [2.05, 4.69) is 4.90 Å². The van der Waals surface area contributed by atoms with E-state index in [-0.39, 0.29) is 17.0 Å². The Hall–Kier alpha value is -0.920. The van der Waals surface area contributed by atoms with Gasteiger partial charge < -0.3 is 10.0 Å². The van der Waals surface area contributed by atoms with Crippen LogP contribution in [0.3, 0.4) is 0 Å². The zero-order valence-corrected chi connectivity index (χ0v) is 16.4. The number of carboxylic acid groups (broad SMARTS) is 1. The number of aliphatic carboxylic acids is 1. The Morgan fingerprint density at radius 1 is 1.07 bits per heavy atom. The summed E-state index contributed by atoms with van der Waals surface area (Å²) in [5.41, 5.74) is 0. The summed E-state index contributed by atoms with van der Waals surface area (Å²) in [6.45, 7) is 1.37. The highest BCUT2D eigenvalue weighted by atomic mass is 32.2. The van der Waals surface area contributed by atoms with Crippen molar-refractivity contribution in [2.45, 2.75) is 48.4 Å². The molecule has 8 nitrogen and oxygen atoms in total. The van der Waals surface area contributed by atoms with Crippen LogP contribution in [0.4, 0.5) is 13.2 Å². The predicted molar refractivity (Wildman–Crippen MR) is 90.4 cm³/mol. The molecular weight excluding hydrogens is 413 g/mol.